The third kappa shape index (κ3) is 5.06. The Morgan fingerprint density at radius 2 is 1.72 bits per heavy atom. The highest BCUT2D eigenvalue weighted by Gasteiger charge is 2.27. The smallest absolute Gasteiger partial charge is 0.264 e. The highest BCUT2D eigenvalue weighted by Crippen LogP contribution is 2.25. The second-order valence-corrected chi connectivity index (χ2v) is 8.46. The molecule has 134 valence electrons. The highest BCUT2D eigenvalue weighted by atomic mass is 79.9. The van der Waals surface area contributed by atoms with Crippen molar-refractivity contribution in [3.05, 3.63) is 59.1 Å². The minimum absolute atomic E-state index is 0.0151. The lowest BCUT2D eigenvalue weighted by Gasteiger charge is -2.25. The lowest BCUT2D eigenvalue weighted by Crippen LogP contribution is -2.43. The second-order valence-electron chi connectivity index (χ2n) is 5.68. The van der Waals surface area contributed by atoms with Crippen LogP contribution in [0.1, 0.15) is 20.3 Å². The number of anilines is 1. The molecule has 0 spiro atoms. The summed E-state index contributed by atoms with van der Waals surface area (Å²) in [7, 11) is -3.85. The molecule has 25 heavy (non-hydrogen) atoms. The van der Waals surface area contributed by atoms with Crippen molar-refractivity contribution in [1.82, 2.24) is 5.32 Å². The molecule has 1 atom stereocenters. The molecule has 0 heterocycles. The van der Waals surface area contributed by atoms with Crippen LogP contribution >= 0.6 is 15.9 Å². The molecule has 0 aliphatic rings. The molecular weight excluding hydrogens is 404 g/mol. The molecule has 0 aliphatic carbocycles. The van der Waals surface area contributed by atoms with Gasteiger partial charge in [0.1, 0.15) is 6.54 Å². The Balaban J connectivity index is 2.39. The van der Waals surface area contributed by atoms with E-state index in [0.717, 1.165) is 15.2 Å². The molecule has 2 aromatic carbocycles. The molecule has 0 fully saturated rings. The van der Waals surface area contributed by atoms with E-state index in [1.165, 1.54) is 12.1 Å². The van der Waals surface area contributed by atoms with Gasteiger partial charge in [0, 0.05) is 10.5 Å². The summed E-state index contributed by atoms with van der Waals surface area (Å²) in [5.74, 6) is -0.336. The standard InChI is InChI=1S/C18H21BrN2O3S/c1-3-14(2)20-18(22)13-21(16-11-9-15(19)10-12-16)25(23,24)17-7-5-4-6-8-17/h4-12,14H,3,13H2,1-2H3,(H,20,22)/t14-/m1/s1. The molecule has 1 N–H and O–H groups in total. The SMILES string of the molecule is CC[C@@H](C)NC(=O)CN(c1ccc(Br)cc1)S(=O)(=O)c1ccccc1. The van der Waals surface area contributed by atoms with E-state index in [1.54, 1.807) is 42.5 Å². The number of halogens is 1. The van der Waals surface area contributed by atoms with Gasteiger partial charge in [-0.1, -0.05) is 41.1 Å². The van der Waals surface area contributed by atoms with Crippen LogP contribution in [-0.4, -0.2) is 26.9 Å². The quantitative estimate of drug-likeness (QED) is 0.738. The molecule has 2 aromatic rings. The van der Waals surface area contributed by atoms with Crippen molar-refractivity contribution in [2.75, 3.05) is 10.8 Å². The zero-order chi connectivity index (χ0) is 18.4. The van der Waals surface area contributed by atoms with E-state index < -0.39 is 10.0 Å². The van der Waals surface area contributed by atoms with Gasteiger partial charge in [-0.25, -0.2) is 8.42 Å². The van der Waals surface area contributed by atoms with Gasteiger partial charge in [-0.15, -0.1) is 0 Å². The number of hydrogen-bond donors (Lipinski definition) is 1. The van der Waals surface area contributed by atoms with Crippen LogP contribution in [0.25, 0.3) is 0 Å². The first-order chi connectivity index (χ1) is 11.8. The fraction of sp³-hybridized carbons (Fsp3) is 0.278. The van der Waals surface area contributed by atoms with Crippen LogP contribution < -0.4 is 9.62 Å². The molecule has 0 unspecified atom stereocenters. The average molecular weight is 425 g/mol. The molecular formula is C18H21BrN2O3S. The number of nitrogens with one attached hydrogen (secondary N) is 1. The van der Waals surface area contributed by atoms with Crippen LogP contribution in [0.2, 0.25) is 0 Å². The van der Waals surface area contributed by atoms with Gasteiger partial charge in [0.05, 0.1) is 10.6 Å². The Morgan fingerprint density at radius 3 is 2.28 bits per heavy atom. The molecule has 5 nitrogen and oxygen atoms in total. The minimum Gasteiger partial charge on any atom is -0.352 e. The number of carbonyl (C=O) groups is 1. The number of benzene rings is 2. The molecule has 0 aliphatic heterocycles. The summed E-state index contributed by atoms with van der Waals surface area (Å²) in [6.45, 7) is 3.56. The van der Waals surface area contributed by atoms with Gasteiger partial charge in [0.25, 0.3) is 10.0 Å². The van der Waals surface area contributed by atoms with Gasteiger partial charge in [-0.2, -0.15) is 0 Å². The van der Waals surface area contributed by atoms with Crippen LogP contribution in [0, 0.1) is 0 Å². The maximum Gasteiger partial charge on any atom is 0.264 e. The molecule has 1 amide bonds. The summed E-state index contributed by atoms with van der Waals surface area (Å²) < 4.78 is 28.0. The van der Waals surface area contributed by atoms with Crippen LogP contribution in [0.5, 0.6) is 0 Å². The topological polar surface area (TPSA) is 66.5 Å². The Bertz CT molecular complexity index is 808. The third-order valence-electron chi connectivity index (χ3n) is 3.75. The van der Waals surface area contributed by atoms with Crippen molar-refractivity contribution < 1.29 is 13.2 Å². The number of carbonyl (C=O) groups excluding carboxylic acids is 1. The zero-order valence-corrected chi connectivity index (χ0v) is 16.5. The lowest BCUT2D eigenvalue weighted by molar-refractivity contribution is -0.120. The van der Waals surface area contributed by atoms with Crippen molar-refractivity contribution in [1.29, 1.82) is 0 Å². The van der Waals surface area contributed by atoms with E-state index >= 15 is 0 Å². The summed E-state index contributed by atoms with van der Waals surface area (Å²) in [6, 6.07) is 14.9. The molecule has 0 bridgehead atoms. The Labute approximate surface area is 157 Å². The minimum atomic E-state index is -3.85. The van der Waals surface area contributed by atoms with Crippen LogP contribution in [-0.2, 0) is 14.8 Å². The van der Waals surface area contributed by atoms with E-state index in [9.17, 15) is 13.2 Å². The lowest BCUT2D eigenvalue weighted by atomic mass is 10.2. The number of hydrogen-bond acceptors (Lipinski definition) is 3. The predicted molar refractivity (Wildman–Crippen MR) is 103 cm³/mol. The van der Waals surface area contributed by atoms with E-state index in [4.69, 9.17) is 0 Å². The van der Waals surface area contributed by atoms with Gasteiger partial charge >= 0.3 is 0 Å². The zero-order valence-electron chi connectivity index (χ0n) is 14.1. The van der Waals surface area contributed by atoms with Crippen LogP contribution in [0.4, 0.5) is 5.69 Å². The predicted octanol–water partition coefficient (Wildman–Crippen LogP) is 3.56. The first-order valence-electron chi connectivity index (χ1n) is 7.97. The van der Waals surface area contributed by atoms with Crippen molar-refractivity contribution in [3.8, 4) is 0 Å². The van der Waals surface area contributed by atoms with Gasteiger partial charge < -0.3 is 5.32 Å². The third-order valence-corrected chi connectivity index (χ3v) is 6.07. The summed E-state index contributed by atoms with van der Waals surface area (Å²) >= 11 is 3.34. The first kappa shape index (κ1) is 19.5. The van der Waals surface area contributed by atoms with E-state index in [-0.39, 0.29) is 23.4 Å². The molecule has 0 saturated heterocycles. The molecule has 7 heteroatoms. The molecule has 2 rings (SSSR count). The maximum atomic E-state index is 13.0. The van der Waals surface area contributed by atoms with E-state index in [0.29, 0.717) is 5.69 Å². The van der Waals surface area contributed by atoms with Crippen LogP contribution in [0.15, 0.2) is 64.0 Å². The second kappa shape index (κ2) is 8.49. The fourth-order valence-corrected chi connectivity index (χ4v) is 3.90. The van der Waals surface area contributed by atoms with E-state index in [1.807, 2.05) is 13.8 Å². The summed E-state index contributed by atoms with van der Waals surface area (Å²) in [5.41, 5.74) is 0.436. The van der Waals surface area contributed by atoms with E-state index in [2.05, 4.69) is 21.2 Å². The van der Waals surface area contributed by atoms with Crippen molar-refractivity contribution >= 4 is 37.5 Å². The molecule has 0 saturated carbocycles. The molecule has 0 radical (unpaired) electrons. The van der Waals surface area contributed by atoms with Gasteiger partial charge in [0.2, 0.25) is 5.91 Å². The van der Waals surface area contributed by atoms with Gasteiger partial charge in [-0.05, 0) is 49.7 Å². The average Bonchev–Trinajstić information content (AvgIpc) is 2.61. The molecule has 0 aromatic heterocycles. The Hall–Kier alpha value is -1.86. The number of amides is 1. The van der Waals surface area contributed by atoms with Crippen LogP contribution in [0.3, 0.4) is 0 Å². The van der Waals surface area contributed by atoms with Gasteiger partial charge in [-0.3, -0.25) is 9.10 Å². The Kier molecular flexibility index (Phi) is 6.61. The van der Waals surface area contributed by atoms with Crippen molar-refractivity contribution in [3.63, 3.8) is 0 Å². The summed E-state index contributed by atoms with van der Waals surface area (Å²) in [6.07, 6.45) is 0.773. The maximum absolute atomic E-state index is 13.0. The summed E-state index contributed by atoms with van der Waals surface area (Å²) in [5, 5.41) is 2.81. The normalized spacial score (nSPS) is 12.4. The Morgan fingerprint density at radius 1 is 1.12 bits per heavy atom. The van der Waals surface area contributed by atoms with Crippen molar-refractivity contribution in [2.24, 2.45) is 0 Å². The largest absolute Gasteiger partial charge is 0.352 e. The summed E-state index contributed by atoms with van der Waals surface area (Å²) in [4.78, 5) is 12.5. The van der Waals surface area contributed by atoms with Gasteiger partial charge in [0.15, 0.2) is 0 Å². The van der Waals surface area contributed by atoms with Crippen molar-refractivity contribution in [2.45, 2.75) is 31.2 Å². The first-order valence-corrected chi connectivity index (χ1v) is 10.2. The fourth-order valence-electron chi connectivity index (χ4n) is 2.20. The number of rotatable bonds is 7. The monoisotopic (exact) mass is 424 g/mol. The highest BCUT2D eigenvalue weighted by molar-refractivity contribution is 9.10. The number of sulfonamides is 1. The number of nitrogens with zero attached hydrogens (tertiary/aromatic N) is 1.